The molecular formula is C67H114O31. The Morgan fingerprint density at radius 3 is 1.74 bits per heavy atom. The van der Waals surface area contributed by atoms with Crippen molar-refractivity contribution in [1.82, 2.24) is 0 Å². The van der Waals surface area contributed by atoms with Crippen molar-refractivity contribution >= 4 is 0 Å². The zero-order valence-electron chi connectivity index (χ0n) is 57.3. The molecule has 6 aliphatic heterocycles. The summed E-state index contributed by atoms with van der Waals surface area (Å²) in [6.07, 6.45) is -36.6. The van der Waals surface area contributed by atoms with Crippen LogP contribution < -0.4 is 0 Å². The predicted molar refractivity (Wildman–Crippen MR) is 333 cm³/mol. The van der Waals surface area contributed by atoms with E-state index in [1.165, 1.54) is 13.8 Å². The van der Waals surface area contributed by atoms with Gasteiger partial charge in [-0.25, -0.2) is 0 Å². The summed E-state index contributed by atoms with van der Waals surface area (Å²) in [5.74, 6) is -0.0394. The second kappa shape index (κ2) is 31.5. The van der Waals surface area contributed by atoms with E-state index in [1.807, 2.05) is 13.8 Å². The minimum atomic E-state index is -1.97. The molecule has 37 atom stereocenters. The van der Waals surface area contributed by atoms with Gasteiger partial charge in [-0.05, 0) is 106 Å². The van der Waals surface area contributed by atoms with Gasteiger partial charge >= 0.3 is 0 Å². The van der Waals surface area contributed by atoms with Gasteiger partial charge in [-0.2, -0.15) is 0 Å². The molecule has 0 aromatic heterocycles. The fourth-order valence-electron chi connectivity index (χ4n) is 18.7. The SMILES string of the molecule is C[C@H](CC[C@@H](O[C@@H]1O[C@H](CO[C@@H]2O[C@H](CCO)C[C@H](O)[C@H]2O)[C@@H](O)[C@H](O)[C@H]1O[C@@H]1O[C@H](CO)[C@@H](O[C@H]2C[C@@H](O)C[C@@H](CO)O2)[C@H](O)[C@H]1O)C(C)(C)O)[C@H]1CC[C@@]2(C)[C@@H]3CC=C4[C@@H](CC[C@H](O[C@@H]5O[C@H](CO[C@@H]6O[C@H](CO)[C@@H](O)[C@H](O)[C@H]6O)[C@@H](O)[C@H](O)[C@H]5O)C4(C)C)[C@]3(C)[C@H](O)C[C@]12C. The molecular weight excluding hydrogens is 1300 g/mol. The van der Waals surface area contributed by atoms with E-state index in [4.69, 9.17) is 56.8 Å². The van der Waals surface area contributed by atoms with Crippen LogP contribution in [0.15, 0.2) is 11.6 Å². The molecule has 0 bridgehead atoms. The van der Waals surface area contributed by atoms with Gasteiger partial charge < -0.3 is 154 Å². The maximum absolute atomic E-state index is 12.9. The summed E-state index contributed by atoms with van der Waals surface area (Å²) >= 11 is 0. The third-order valence-corrected chi connectivity index (χ3v) is 24.8. The fraction of sp³-hybridized carbons (Fsp3) is 0.970. The molecule has 4 aliphatic carbocycles. The number of aliphatic hydroxyl groups is 19. The first-order chi connectivity index (χ1) is 46.1. The third kappa shape index (κ3) is 15.3. The second-order valence-corrected chi connectivity index (χ2v) is 31.6. The van der Waals surface area contributed by atoms with Crippen LogP contribution in [0.2, 0.25) is 0 Å². The lowest BCUT2D eigenvalue weighted by molar-refractivity contribution is -0.386. The molecule has 3 saturated carbocycles. The Morgan fingerprint density at radius 1 is 0.541 bits per heavy atom. The van der Waals surface area contributed by atoms with Gasteiger partial charge in [0.25, 0.3) is 0 Å². The highest BCUT2D eigenvalue weighted by molar-refractivity contribution is 5.32. The lowest BCUT2D eigenvalue weighted by Gasteiger charge is -2.67. The summed E-state index contributed by atoms with van der Waals surface area (Å²) in [6, 6.07) is 0. The van der Waals surface area contributed by atoms with Crippen molar-refractivity contribution in [3.05, 3.63) is 11.6 Å². The Balaban J connectivity index is 0.827. The van der Waals surface area contributed by atoms with Crippen molar-refractivity contribution < 1.29 is 154 Å². The number of hydrogen-bond acceptors (Lipinski definition) is 31. The van der Waals surface area contributed by atoms with Crippen LogP contribution in [0.3, 0.4) is 0 Å². The quantitative estimate of drug-likeness (QED) is 0.0408. The molecule has 31 heteroatoms. The molecule has 9 fully saturated rings. The summed E-state index contributed by atoms with van der Waals surface area (Å²) in [5, 5.41) is 208. The lowest BCUT2D eigenvalue weighted by atomic mass is 9.38. The fourth-order valence-corrected chi connectivity index (χ4v) is 18.7. The molecule has 0 unspecified atom stereocenters. The third-order valence-electron chi connectivity index (χ3n) is 24.8. The standard InChI is InChI=1S/C67H114O31/c1-28(32-15-17-65(6)40-12-10-33-34(67(40,8)41(74)22-66(32,65)7)11-14-42(63(33,2)3)95-60-54(84)50(80)47(77)38(93-60)26-88-59-53(83)49(79)46(76)36(24-70)91-59)9-13-43(64(4,5)86)96-62-57(51(81)48(78)39(94-62)27-87-58-45(75)35(73)21-30(90-58)16-18-68)98-61-55(85)52(82)56(37(25-71)92-61)97-44-20-29(72)19-31(23-69)89-44/h10,28-32,34-62,68-86H,9,11-27H2,1-8H3/t28-,29+,30-,31+,32-,34-,35+,36-,37-,38-,39-,40+,41-,42+,43-,44+,45-,46-,47-,48-,49+,50+,51+,52-,53-,54-,55-,56-,57-,58-,59-,60+,61+,62+,65+,66-,67+/m1/s1. The molecule has 0 aromatic carbocycles. The normalized spacial score (nSPS) is 50.6. The van der Waals surface area contributed by atoms with E-state index < -0.39 is 239 Å². The lowest BCUT2D eigenvalue weighted by Crippen LogP contribution is -2.66. The molecule has 0 radical (unpaired) electrons. The topological polar surface area (TPSA) is 495 Å². The van der Waals surface area contributed by atoms with Crippen LogP contribution in [0, 0.1) is 45.3 Å². The van der Waals surface area contributed by atoms with Gasteiger partial charge in [0.2, 0.25) is 0 Å². The molecule has 568 valence electrons. The monoisotopic (exact) mass is 1410 g/mol. The predicted octanol–water partition coefficient (Wildman–Crippen LogP) is -4.11. The van der Waals surface area contributed by atoms with Crippen LogP contribution >= 0.6 is 0 Å². The van der Waals surface area contributed by atoms with Crippen molar-refractivity contribution in [3.8, 4) is 0 Å². The maximum Gasteiger partial charge on any atom is 0.187 e. The van der Waals surface area contributed by atoms with Crippen molar-refractivity contribution in [2.75, 3.05) is 39.6 Å². The van der Waals surface area contributed by atoms with Crippen LogP contribution in [0.5, 0.6) is 0 Å². The molecule has 10 rings (SSSR count). The van der Waals surface area contributed by atoms with E-state index in [0.717, 1.165) is 18.4 Å². The number of aliphatic hydroxyl groups excluding tert-OH is 18. The maximum atomic E-state index is 12.9. The summed E-state index contributed by atoms with van der Waals surface area (Å²) in [6.45, 7) is 12.8. The van der Waals surface area contributed by atoms with Gasteiger partial charge in [0.15, 0.2) is 37.7 Å². The van der Waals surface area contributed by atoms with E-state index in [9.17, 15) is 97.0 Å². The molecule has 6 saturated heterocycles. The first kappa shape index (κ1) is 79.1. The van der Waals surface area contributed by atoms with Gasteiger partial charge in [-0.3, -0.25) is 0 Å². The zero-order valence-corrected chi connectivity index (χ0v) is 57.3. The van der Waals surface area contributed by atoms with E-state index >= 15 is 0 Å². The molecule has 19 N–H and O–H groups in total. The molecule has 31 nitrogen and oxygen atoms in total. The number of rotatable bonds is 24. The largest absolute Gasteiger partial charge is 0.396 e. The first-order valence-electron chi connectivity index (χ1n) is 35.2. The molecule has 0 spiro atoms. The van der Waals surface area contributed by atoms with Crippen molar-refractivity contribution in [1.29, 1.82) is 0 Å². The van der Waals surface area contributed by atoms with Crippen LogP contribution in [-0.2, 0) is 56.8 Å². The van der Waals surface area contributed by atoms with Gasteiger partial charge in [0.1, 0.15) is 104 Å². The van der Waals surface area contributed by atoms with Gasteiger partial charge in [0, 0.05) is 36.7 Å². The molecule has 98 heavy (non-hydrogen) atoms. The Bertz CT molecular complexity index is 2580. The number of ether oxygens (including phenoxy) is 12. The smallest absolute Gasteiger partial charge is 0.187 e. The van der Waals surface area contributed by atoms with E-state index in [2.05, 4.69) is 33.8 Å². The average Bonchev–Trinajstić information content (AvgIpc) is 1.32. The average molecular weight is 1420 g/mol. The number of allylic oxidation sites excluding steroid dienone is 1. The first-order valence-corrected chi connectivity index (χ1v) is 35.2. The Kier molecular flexibility index (Phi) is 25.4. The van der Waals surface area contributed by atoms with Crippen LogP contribution in [-0.4, -0.2) is 327 Å². The van der Waals surface area contributed by atoms with Gasteiger partial charge in [-0.15, -0.1) is 0 Å². The summed E-state index contributed by atoms with van der Waals surface area (Å²) in [7, 11) is 0. The van der Waals surface area contributed by atoms with Crippen LogP contribution in [0.25, 0.3) is 0 Å². The van der Waals surface area contributed by atoms with Crippen LogP contribution in [0.4, 0.5) is 0 Å². The summed E-state index contributed by atoms with van der Waals surface area (Å²) < 4.78 is 72.5. The molecule has 0 aromatic rings. The molecule has 0 amide bonds. The van der Waals surface area contributed by atoms with Crippen LogP contribution in [0.1, 0.15) is 132 Å². The van der Waals surface area contributed by atoms with E-state index in [1.54, 1.807) is 0 Å². The van der Waals surface area contributed by atoms with Gasteiger partial charge in [0.05, 0.1) is 81.4 Å². The van der Waals surface area contributed by atoms with E-state index in [0.29, 0.717) is 32.1 Å². The number of hydrogen-bond donors (Lipinski definition) is 19. The highest BCUT2D eigenvalue weighted by Crippen LogP contribution is 2.75. The molecule has 6 heterocycles. The zero-order chi connectivity index (χ0) is 71.6. The minimum absolute atomic E-state index is 0.00232. The summed E-state index contributed by atoms with van der Waals surface area (Å²) in [5.41, 5.74) is -2.52. The van der Waals surface area contributed by atoms with Crippen molar-refractivity contribution in [2.24, 2.45) is 45.3 Å². The van der Waals surface area contributed by atoms with Crippen molar-refractivity contribution in [2.45, 2.75) is 322 Å². The Labute approximate surface area is 571 Å². The van der Waals surface area contributed by atoms with Crippen molar-refractivity contribution in [3.63, 3.8) is 0 Å². The minimum Gasteiger partial charge on any atom is -0.396 e. The molecule has 10 aliphatic rings. The highest BCUT2D eigenvalue weighted by Gasteiger charge is 2.71. The number of fused-ring (bicyclic) bond motifs is 5. The summed E-state index contributed by atoms with van der Waals surface area (Å²) in [4.78, 5) is 0. The van der Waals surface area contributed by atoms with E-state index in [-0.39, 0.29) is 67.8 Å². The Morgan fingerprint density at radius 2 is 1.11 bits per heavy atom. The van der Waals surface area contributed by atoms with Gasteiger partial charge in [-0.1, -0.05) is 53.2 Å². The Hall–Kier alpha value is -1.50. The second-order valence-electron chi connectivity index (χ2n) is 31.6. The highest BCUT2D eigenvalue weighted by atomic mass is 16.8.